The number of thiophene rings is 1. The van der Waals surface area contributed by atoms with E-state index in [1.165, 1.54) is 5.56 Å². The summed E-state index contributed by atoms with van der Waals surface area (Å²) < 4.78 is 1.80. The lowest BCUT2D eigenvalue weighted by Crippen LogP contribution is -2.34. The molecule has 4 nitrogen and oxygen atoms in total. The van der Waals surface area contributed by atoms with Crippen molar-refractivity contribution in [2.75, 3.05) is 6.54 Å². The van der Waals surface area contributed by atoms with Crippen molar-refractivity contribution in [2.45, 2.75) is 19.9 Å². The molecule has 35 heavy (non-hydrogen) atoms. The molecule has 0 radical (unpaired) electrons. The summed E-state index contributed by atoms with van der Waals surface area (Å²) in [5, 5.41) is 6.90. The molecule has 0 aliphatic heterocycles. The lowest BCUT2D eigenvalue weighted by molar-refractivity contribution is 0.0736. The Morgan fingerprint density at radius 3 is 2.29 bits per heavy atom. The lowest BCUT2D eigenvalue weighted by Gasteiger charge is -2.23. The fraction of sp³-hybridized carbons (Fsp3) is 0.133. The summed E-state index contributed by atoms with van der Waals surface area (Å²) in [5.41, 5.74) is 5.72. The van der Waals surface area contributed by atoms with Gasteiger partial charge in [-0.15, -0.1) is 11.3 Å². The molecule has 5 heteroatoms. The highest BCUT2D eigenvalue weighted by molar-refractivity contribution is 7.13. The third kappa shape index (κ3) is 5.42. The van der Waals surface area contributed by atoms with E-state index in [1.807, 2.05) is 77.0 Å². The topological polar surface area (TPSA) is 38.1 Å². The number of aromatic nitrogens is 2. The van der Waals surface area contributed by atoms with Crippen LogP contribution in [0.2, 0.25) is 0 Å². The first-order valence-electron chi connectivity index (χ1n) is 11.8. The molecule has 0 aliphatic carbocycles. The standard InChI is InChI=1S/C30H27N3OS/c1-23-10-8-15-26(20-23)33-28(21-27(31-33)29-16-9-19-35-29)30(34)32(22-25-13-6-3-7-14-25)18-17-24-11-4-2-5-12-24/h2-16,19-21H,17-18,22H2,1H3. The number of hydrogen-bond acceptors (Lipinski definition) is 3. The maximum Gasteiger partial charge on any atom is 0.272 e. The van der Waals surface area contributed by atoms with E-state index < -0.39 is 0 Å². The zero-order valence-corrected chi connectivity index (χ0v) is 20.5. The van der Waals surface area contributed by atoms with Crippen LogP contribution in [0.3, 0.4) is 0 Å². The van der Waals surface area contributed by atoms with E-state index in [0.717, 1.165) is 33.8 Å². The number of benzene rings is 3. The molecule has 174 valence electrons. The zero-order chi connectivity index (χ0) is 24.0. The molecule has 5 rings (SSSR count). The van der Waals surface area contributed by atoms with Crippen molar-refractivity contribution in [3.63, 3.8) is 0 Å². The fourth-order valence-corrected chi connectivity index (χ4v) is 4.84. The van der Waals surface area contributed by atoms with Crippen LogP contribution >= 0.6 is 11.3 Å². The predicted molar refractivity (Wildman–Crippen MR) is 143 cm³/mol. The van der Waals surface area contributed by atoms with Crippen molar-refractivity contribution in [3.05, 3.63) is 131 Å². The number of hydrogen-bond donors (Lipinski definition) is 0. The number of carbonyl (C=O) groups is 1. The molecule has 2 heterocycles. The molecule has 0 fully saturated rings. The van der Waals surface area contributed by atoms with E-state index in [1.54, 1.807) is 16.0 Å². The Hall–Kier alpha value is -3.96. The SMILES string of the molecule is Cc1cccc(-n2nc(-c3cccs3)cc2C(=O)N(CCc2ccccc2)Cc2ccccc2)c1. The Balaban J connectivity index is 1.53. The quantitative estimate of drug-likeness (QED) is 0.247. The molecule has 0 atom stereocenters. The second kappa shape index (κ2) is 10.5. The van der Waals surface area contributed by atoms with Gasteiger partial charge in [-0.25, -0.2) is 4.68 Å². The largest absolute Gasteiger partial charge is 0.333 e. The fourth-order valence-electron chi connectivity index (χ4n) is 4.16. The first-order chi connectivity index (χ1) is 17.2. The van der Waals surface area contributed by atoms with Gasteiger partial charge in [-0.2, -0.15) is 5.10 Å². The molecule has 2 aromatic heterocycles. The van der Waals surface area contributed by atoms with Gasteiger partial charge in [0.1, 0.15) is 11.4 Å². The molecule has 1 amide bonds. The Kier molecular flexibility index (Phi) is 6.87. The van der Waals surface area contributed by atoms with Gasteiger partial charge in [-0.1, -0.05) is 78.9 Å². The smallest absolute Gasteiger partial charge is 0.272 e. The van der Waals surface area contributed by atoms with Gasteiger partial charge in [-0.3, -0.25) is 4.79 Å². The van der Waals surface area contributed by atoms with Gasteiger partial charge in [0.25, 0.3) is 5.91 Å². The van der Waals surface area contributed by atoms with Crippen LogP contribution in [0.5, 0.6) is 0 Å². The van der Waals surface area contributed by atoms with Crippen molar-refractivity contribution in [1.29, 1.82) is 0 Å². The Morgan fingerprint density at radius 1 is 0.857 bits per heavy atom. The minimum atomic E-state index is -0.0263. The molecule has 0 N–H and O–H groups in total. The van der Waals surface area contributed by atoms with Crippen LogP contribution in [-0.2, 0) is 13.0 Å². The molecule has 0 unspecified atom stereocenters. The van der Waals surface area contributed by atoms with Gasteiger partial charge >= 0.3 is 0 Å². The average molecular weight is 478 g/mol. The van der Waals surface area contributed by atoms with Crippen molar-refractivity contribution in [2.24, 2.45) is 0 Å². The minimum Gasteiger partial charge on any atom is -0.333 e. The normalized spacial score (nSPS) is 10.9. The number of carbonyl (C=O) groups excluding carboxylic acids is 1. The number of amides is 1. The molecular formula is C30H27N3OS. The van der Waals surface area contributed by atoms with Gasteiger partial charge in [0.15, 0.2) is 0 Å². The molecular weight excluding hydrogens is 450 g/mol. The summed E-state index contributed by atoms with van der Waals surface area (Å²) in [6.45, 7) is 3.21. The zero-order valence-electron chi connectivity index (χ0n) is 19.7. The summed E-state index contributed by atoms with van der Waals surface area (Å²) in [5.74, 6) is -0.0263. The molecule has 0 spiro atoms. The third-order valence-electron chi connectivity index (χ3n) is 5.97. The summed E-state index contributed by atoms with van der Waals surface area (Å²) in [6.07, 6.45) is 0.787. The van der Waals surface area contributed by atoms with Crippen LogP contribution in [0.15, 0.2) is 109 Å². The predicted octanol–water partition coefficient (Wildman–Crippen LogP) is 6.79. The summed E-state index contributed by atoms with van der Waals surface area (Å²) in [6, 6.07) is 34.6. The monoisotopic (exact) mass is 477 g/mol. The lowest BCUT2D eigenvalue weighted by atomic mass is 10.1. The van der Waals surface area contributed by atoms with Gasteiger partial charge in [0.2, 0.25) is 0 Å². The van der Waals surface area contributed by atoms with Crippen LogP contribution in [0.4, 0.5) is 0 Å². The van der Waals surface area contributed by atoms with E-state index in [2.05, 4.69) is 43.3 Å². The molecule has 0 saturated carbocycles. The van der Waals surface area contributed by atoms with E-state index >= 15 is 0 Å². The van der Waals surface area contributed by atoms with Crippen LogP contribution in [0.1, 0.15) is 27.2 Å². The second-order valence-corrected chi connectivity index (χ2v) is 9.54. The first-order valence-corrected chi connectivity index (χ1v) is 12.6. The maximum absolute atomic E-state index is 14.1. The van der Waals surface area contributed by atoms with E-state index in [4.69, 9.17) is 5.10 Å². The maximum atomic E-state index is 14.1. The van der Waals surface area contributed by atoms with E-state index in [-0.39, 0.29) is 5.91 Å². The Morgan fingerprint density at radius 2 is 1.60 bits per heavy atom. The van der Waals surface area contributed by atoms with Gasteiger partial charge < -0.3 is 4.90 Å². The highest BCUT2D eigenvalue weighted by Crippen LogP contribution is 2.27. The van der Waals surface area contributed by atoms with Crippen molar-refractivity contribution in [3.8, 4) is 16.3 Å². The van der Waals surface area contributed by atoms with Crippen LogP contribution < -0.4 is 0 Å². The number of rotatable bonds is 8. The number of aryl methyl sites for hydroxylation is 1. The first kappa shape index (κ1) is 22.8. The minimum absolute atomic E-state index is 0.0263. The number of nitrogens with zero attached hydrogens (tertiary/aromatic N) is 3. The Labute approximate surface area is 210 Å². The molecule has 0 bridgehead atoms. The van der Waals surface area contributed by atoms with Crippen molar-refractivity contribution < 1.29 is 4.79 Å². The highest BCUT2D eigenvalue weighted by atomic mass is 32.1. The van der Waals surface area contributed by atoms with Crippen LogP contribution in [-0.4, -0.2) is 27.1 Å². The Bertz CT molecular complexity index is 1390. The van der Waals surface area contributed by atoms with Crippen LogP contribution in [0.25, 0.3) is 16.3 Å². The van der Waals surface area contributed by atoms with Gasteiger partial charge in [-0.05, 0) is 59.7 Å². The molecule has 0 aliphatic rings. The van der Waals surface area contributed by atoms with Crippen molar-refractivity contribution in [1.82, 2.24) is 14.7 Å². The average Bonchev–Trinajstić information content (AvgIpc) is 3.58. The second-order valence-electron chi connectivity index (χ2n) is 8.59. The van der Waals surface area contributed by atoms with E-state index in [0.29, 0.717) is 18.8 Å². The molecule has 5 aromatic rings. The van der Waals surface area contributed by atoms with E-state index in [9.17, 15) is 4.79 Å². The van der Waals surface area contributed by atoms with Gasteiger partial charge in [0.05, 0.1) is 10.6 Å². The van der Waals surface area contributed by atoms with Crippen LogP contribution in [0, 0.1) is 6.92 Å². The summed E-state index contributed by atoms with van der Waals surface area (Å²) >= 11 is 1.63. The molecule has 0 saturated heterocycles. The van der Waals surface area contributed by atoms with Gasteiger partial charge in [0, 0.05) is 13.1 Å². The summed E-state index contributed by atoms with van der Waals surface area (Å²) in [4.78, 5) is 17.1. The highest BCUT2D eigenvalue weighted by Gasteiger charge is 2.23. The van der Waals surface area contributed by atoms with Crippen molar-refractivity contribution >= 4 is 17.2 Å². The summed E-state index contributed by atoms with van der Waals surface area (Å²) in [7, 11) is 0. The molecule has 3 aromatic carbocycles. The third-order valence-corrected chi connectivity index (χ3v) is 6.86.